The molecule has 0 aliphatic heterocycles. The fourth-order valence-corrected chi connectivity index (χ4v) is 2.03. The van der Waals surface area contributed by atoms with Gasteiger partial charge in [0.25, 0.3) is 0 Å². The molecule has 0 saturated carbocycles. The zero-order valence-corrected chi connectivity index (χ0v) is 10.5. The van der Waals surface area contributed by atoms with E-state index in [0.717, 1.165) is 30.3 Å². The van der Waals surface area contributed by atoms with Gasteiger partial charge < -0.3 is 0 Å². The standard InChI is InChI=1S/C10H15N5S/c1-4-14-9(11-12-10(14)16)8-6-7(3)13-15(8)5-2/h6H,4-5H2,1-3H3,(H,12,16). The van der Waals surface area contributed by atoms with E-state index in [9.17, 15) is 0 Å². The van der Waals surface area contributed by atoms with Gasteiger partial charge in [-0.2, -0.15) is 10.2 Å². The van der Waals surface area contributed by atoms with Crippen LogP contribution < -0.4 is 0 Å². The first-order valence-electron chi connectivity index (χ1n) is 5.37. The number of aryl methyl sites for hydroxylation is 2. The lowest BCUT2D eigenvalue weighted by molar-refractivity contribution is 0.649. The summed E-state index contributed by atoms with van der Waals surface area (Å²) in [6, 6.07) is 2.03. The van der Waals surface area contributed by atoms with Gasteiger partial charge in [0.2, 0.25) is 0 Å². The second-order valence-corrected chi connectivity index (χ2v) is 3.97. The zero-order valence-electron chi connectivity index (χ0n) is 9.69. The van der Waals surface area contributed by atoms with E-state index in [2.05, 4.69) is 22.2 Å². The Morgan fingerprint density at radius 3 is 2.75 bits per heavy atom. The van der Waals surface area contributed by atoms with Crippen molar-refractivity contribution in [1.29, 1.82) is 0 Å². The molecule has 0 bridgehead atoms. The second-order valence-electron chi connectivity index (χ2n) is 3.58. The van der Waals surface area contributed by atoms with Crippen LogP contribution in [0.15, 0.2) is 6.07 Å². The molecule has 2 aromatic rings. The Balaban J connectivity index is 2.62. The molecule has 0 radical (unpaired) electrons. The van der Waals surface area contributed by atoms with Gasteiger partial charge in [0.1, 0.15) is 5.69 Å². The molecular weight excluding hydrogens is 222 g/mol. The van der Waals surface area contributed by atoms with Crippen LogP contribution in [-0.2, 0) is 13.1 Å². The van der Waals surface area contributed by atoms with Crippen molar-refractivity contribution in [2.75, 3.05) is 0 Å². The first kappa shape index (κ1) is 11.1. The third kappa shape index (κ3) is 1.69. The maximum absolute atomic E-state index is 5.17. The number of nitrogens with one attached hydrogen (secondary N) is 1. The zero-order chi connectivity index (χ0) is 11.7. The van der Waals surface area contributed by atoms with Crippen LogP contribution in [0.2, 0.25) is 0 Å². The predicted molar refractivity (Wildman–Crippen MR) is 64.7 cm³/mol. The highest BCUT2D eigenvalue weighted by atomic mass is 32.1. The average molecular weight is 237 g/mol. The highest BCUT2D eigenvalue weighted by molar-refractivity contribution is 7.71. The molecule has 1 N–H and O–H groups in total. The molecule has 0 aliphatic rings. The number of hydrogen-bond acceptors (Lipinski definition) is 3. The lowest BCUT2D eigenvalue weighted by Gasteiger charge is -2.04. The molecule has 5 nitrogen and oxygen atoms in total. The summed E-state index contributed by atoms with van der Waals surface area (Å²) in [7, 11) is 0. The molecule has 2 rings (SSSR count). The lowest BCUT2D eigenvalue weighted by Crippen LogP contribution is -2.04. The van der Waals surface area contributed by atoms with Crippen LogP contribution in [0.25, 0.3) is 11.5 Å². The first-order chi connectivity index (χ1) is 7.67. The lowest BCUT2D eigenvalue weighted by atomic mass is 10.3. The molecule has 2 heterocycles. The van der Waals surface area contributed by atoms with Crippen LogP contribution in [0, 0.1) is 11.7 Å². The monoisotopic (exact) mass is 237 g/mol. The van der Waals surface area contributed by atoms with Gasteiger partial charge in [-0.05, 0) is 39.1 Å². The van der Waals surface area contributed by atoms with E-state index in [-0.39, 0.29) is 0 Å². The third-order valence-electron chi connectivity index (χ3n) is 2.51. The van der Waals surface area contributed by atoms with Crippen LogP contribution in [0.5, 0.6) is 0 Å². The van der Waals surface area contributed by atoms with E-state index in [1.165, 1.54) is 0 Å². The number of aromatic nitrogens is 5. The minimum absolute atomic E-state index is 0.652. The minimum atomic E-state index is 0.652. The van der Waals surface area contributed by atoms with Crippen molar-refractivity contribution in [2.45, 2.75) is 33.9 Å². The topological polar surface area (TPSA) is 51.4 Å². The Morgan fingerprint density at radius 1 is 1.38 bits per heavy atom. The summed E-state index contributed by atoms with van der Waals surface area (Å²) < 4.78 is 4.56. The molecule has 2 aromatic heterocycles. The molecule has 6 heteroatoms. The second kappa shape index (κ2) is 4.21. The maximum Gasteiger partial charge on any atom is 0.195 e. The Hall–Kier alpha value is -1.43. The van der Waals surface area contributed by atoms with Crippen molar-refractivity contribution in [3.05, 3.63) is 16.5 Å². The van der Waals surface area contributed by atoms with Gasteiger partial charge in [0.05, 0.1) is 5.69 Å². The molecule has 16 heavy (non-hydrogen) atoms. The van der Waals surface area contributed by atoms with Gasteiger partial charge in [-0.15, -0.1) is 0 Å². The van der Waals surface area contributed by atoms with Crippen LogP contribution in [0.3, 0.4) is 0 Å². The van der Waals surface area contributed by atoms with Crippen LogP contribution in [0.4, 0.5) is 0 Å². The van der Waals surface area contributed by atoms with Crippen molar-refractivity contribution in [2.24, 2.45) is 0 Å². The normalized spacial score (nSPS) is 10.9. The van der Waals surface area contributed by atoms with E-state index in [0.29, 0.717) is 4.77 Å². The summed E-state index contributed by atoms with van der Waals surface area (Å²) in [5.41, 5.74) is 2.00. The van der Waals surface area contributed by atoms with Gasteiger partial charge >= 0.3 is 0 Å². The Labute approximate surface area is 99.1 Å². The van der Waals surface area contributed by atoms with Gasteiger partial charge in [-0.3, -0.25) is 14.3 Å². The predicted octanol–water partition coefficient (Wildman–Crippen LogP) is 2.15. The van der Waals surface area contributed by atoms with E-state index >= 15 is 0 Å². The molecule has 0 spiro atoms. The summed E-state index contributed by atoms with van der Waals surface area (Å²) in [6.45, 7) is 7.72. The summed E-state index contributed by atoms with van der Waals surface area (Å²) in [4.78, 5) is 0. The quantitative estimate of drug-likeness (QED) is 0.832. The van der Waals surface area contributed by atoms with E-state index in [1.807, 2.05) is 29.2 Å². The number of H-pyrrole nitrogens is 1. The highest BCUT2D eigenvalue weighted by Gasteiger charge is 2.13. The average Bonchev–Trinajstić information content (AvgIpc) is 2.81. The maximum atomic E-state index is 5.17. The molecule has 0 atom stereocenters. The fourth-order valence-electron chi connectivity index (χ4n) is 1.77. The fraction of sp³-hybridized carbons (Fsp3) is 0.500. The minimum Gasteiger partial charge on any atom is -0.299 e. The van der Waals surface area contributed by atoms with E-state index in [1.54, 1.807) is 0 Å². The van der Waals surface area contributed by atoms with Crippen molar-refractivity contribution < 1.29 is 0 Å². The first-order valence-corrected chi connectivity index (χ1v) is 5.78. The molecular formula is C10H15N5S. The van der Waals surface area contributed by atoms with Gasteiger partial charge in [0.15, 0.2) is 10.6 Å². The Morgan fingerprint density at radius 2 is 2.12 bits per heavy atom. The summed E-state index contributed by atoms with van der Waals surface area (Å²) >= 11 is 5.17. The van der Waals surface area contributed by atoms with Crippen molar-refractivity contribution in [3.63, 3.8) is 0 Å². The van der Waals surface area contributed by atoms with Crippen molar-refractivity contribution >= 4 is 12.2 Å². The van der Waals surface area contributed by atoms with Crippen molar-refractivity contribution in [1.82, 2.24) is 24.5 Å². The Kier molecular flexibility index (Phi) is 2.91. The van der Waals surface area contributed by atoms with E-state index in [4.69, 9.17) is 12.2 Å². The Bertz CT molecular complexity index is 548. The molecule has 0 amide bonds. The smallest absolute Gasteiger partial charge is 0.195 e. The number of rotatable bonds is 3. The summed E-state index contributed by atoms with van der Waals surface area (Å²) in [5.74, 6) is 0.856. The molecule has 86 valence electrons. The molecule has 0 aromatic carbocycles. The molecule has 0 aliphatic carbocycles. The number of nitrogens with zero attached hydrogens (tertiary/aromatic N) is 4. The van der Waals surface area contributed by atoms with Gasteiger partial charge in [0, 0.05) is 13.1 Å². The van der Waals surface area contributed by atoms with Gasteiger partial charge in [-0.1, -0.05) is 0 Å². The van der Waals surface area contributed by atoms with Crippen LogP contribution >= 0.6 is 12.2 Å². The third-order valence-corrected chi connectivity index (χ3v) is 2.82. The van der Waals surface area contributed by atoms with Gasteiger partial charge in [-0.25, -0.2) is 0 Å². The molecule has 0 saturated heterocycles. The molecule has 0 unspecified atom stereocenters. The van der Waals surface area contributed by atoms with E-state index < -0.39 is 0 Å². The SMILES string of the molecule is CCn1nc(C)cc1-c1n[nH]c(=S)n1CC. The summed E-state index contributed by atoms with van der Waals surface area (Å²) in [6.07, 6.45) is 0. The highest BCUT2D eigenvalue weighted by Crippen LogP contribution is 2.18. The largest absolute Gasteiger partial charge is 0.299 e. The molecule has 0 fully saturated rings. The number of aromatic amines is 1. The van der Waals surface area contributed by atoms with Crippen LogP contribution in [-0.4, -0.2) is 24.5 Å². The van der Waals surface area contributed by atoms with Crippen molar-refractivity contribution in [3.8, 4) is 11.5 Å². The summed E-state index contributed by atoms with van der Waals surface area (Å²) in [5, 5.41) is 11.5. The van der Waals surface area contributed by atoms with Crippen LogP contribution in [0.1, 0.15) is 19.5 Å². The number of hydrogen-bond donors (Lipinski definition) is 1.